The van der Waals surface area contributed by atoms with Gasteiger partial charge in [0.05, 0.1) is 12.6 Å². The average molecular weight is 305 g/mol. The Kier molecular flexibility index (Phi) is 3.88. The number of esters is 1. The summed E-state index contributed by atoms with van der Waals surface area (Å²) in [4.78, 5) is 25.1. The van der Waals surface area contributed by atoms with E-state index in [1.807, 2.05) is 0 Å². The van der Waals surface area contributed by atoms with Crippen LogP contribution in [0.1, 0.15) is 40.5 Å². The van der Waals surface area contributed by atoms with Crippen molar-refractivity contribution in [2.24, 2.45) is 5.92 Å². The fourth-order valence-electron chi connectivity index (χ4n) is 3.10. The van der Waals surface area contributed by atoms with Crippen molar-refractivity contribution < 1.29 is 27.8 Å². The SMILES string of the molecule is CCOC(=O)[C@H]1[C@@H]2C[C@H](N1C(=O)OC(C)(C)C)C(F)(F)C2. The largest absolute Gasteiger partial charge is 0.464 e. The van der Waals surface area contributed by atoms with Crippen LogP contribution in [0.5, 0.6) is 0 Å². The lowest BCUT2D eigenvalue weighted by Gasteiger charge is -2.38. The Labute approximate surface area is 122 Å². The lowest BCUT2D eigenvalue weighted by molar-refractivity contribution is -0.157. The number of hydrogen-bond donors (Lipinski definition) is 0. The number of likely N-dealkylation sites (tertiary alicyclic amines) is 1. The van der Waals surface area contributed by atoms with Gasteiger partial charge in [-0.05, 0) is 40.0 Å². The minimum atomic E-state index is -2.98. The van der Waals surface area contributed by atoms with Gasteiger partial charge in [-0.15, -0.1) is 0 Å². The molecule has 0 aromatic carbocycles. The van der Waals surface area contributed by atoms with Crippen LogP contribution in [-0.4, -0.2) is 47.2 Å². The summed E-state index contributed by atoms with van der Waals surface area (Å²) in [6.07, 6.45) is -1.16. The monoisotopic (exact) mass is 305 g/mol. The molecule has 0 aromatic heterocycles. The van der Waals surface area contributed by atoms with Crippen LogP contribution in [0.25, 0.3) is 0 Å². The van der Waals surface area contributed by atoms with E-state index in [2.05, 4.69) is 0 Å². The van der Waals surface area contributed by atoms with Gasteiger partial charge in [0, 0.05) is 6.42 Å². The van der Waals surface area contributed by atoms with Gasteiger partial charge >= 0.3 is 12.1 Å². The zero-order chi connectivity index (χ0) is 16.0. The summed E-state index contributed by atoms with van der Waals surface area (Å²) >= 11 is 0. The second-order valence-electron chi connectivity index (χ2n) is 6.56. The molecule has 0 N–H and O–H groups in total. The number of halogens is 2. The fraction of sp³-hybridized carbons (Fsp3) is 0.857. The van der Waals surface area contributed by atoms with Crippen molar-refractivity contribution in [2.45, 2.75) is 64.1 Å². The van der Waals surface area contributed by atoms with E-state index < -0.39 is 41.6 Å². The molecule has 21 heavy (non-hydrogen) atoms. The first-order valence-corrected chi connectivity index (χ1v) is 7.12. The Balaban J connectivity index is 2.24. The van der Waals surface area contributed by atoms with Gasteiger partial charge in [-0.3, -0.25) is 4.90 Å². The highest BCUT2D eigenvalue weighted by atomic mass is 19.3. The van der Waals surface area contributed by atoms with Crippen molar-refractivity contribution >= 4 is 12.1 Å². The van der Waals surface area contributed by atoms with Crippen LogP contribution in [0.3, 0.4) is 0 Å². The van der Waals surface area contributed by atoms with E-state index in [4.69, 9.17) is 9.47 Å². The summed E-state index contributed by atoms with van der Waals surface area (Å²) in [5.41, 5.74) is -0.812. The molecule has 1 amide bonds. The highest BCUT2D eigenvalue weighted by molar-refractivity contribution is 5.83. The first kappa shape index (κ1) is 16.0. The van der Waals surface area contributed by atoms with Crippen LogP contribution in [0, 0.1) is 5.92 Å². The highest BCUT2D eigenvalue weighted by Gasteiger charge is 2.65. The maximum atomic E-state index is 13.9. The fourth-order valence-corrected chi connectivity index (χ4v) is 3.10. The Bertz CT molecular complexity index is 447. The summed E-state index contributed by atoms with van der Waals surface area (Å²) in [6.45, 7) is 6.73. The highest BCUT2D eigenvalue weighted by Crippen LogP contribution is 2.51. The molecule has 0 spiro atoms. The van der Waals surface area contributed by atoms with Gasteiger partial charge < -0.3 is 9.47 Å². The summed E-state index contributed by atoms with van der Waals surface area (Å²) < 4.78 is 37.9. The molecule has 1 heterocycles. The van der Waals surface area contributed by atoms with E-state index in [0.717, 1.165) is 4.90 Å². The number of rotatable bonds is 2. The van der Waals surface area contributed by atoms with Crippen LogP contribution in [0.4, 0.5) is 13.6 Å². The minimum absolute atomic E-state index is 0.107. The van der Waals surface area contributed by atoms with Crippen LogP contribution in [0.2, 0.25) is 0 Å². The average Bonchev–Trinajstić information content (AvgIpc) is 2.79. The minimum Gasteiger partial charge on any atom is -0.464 e. The molecule has 120 valence electrons. The number of ether oxygens (including phenoxy) is 2. The number of fused-ring (bicyclic) bond motifs is 2. The van der Waals surface area contributed by atoms with Gasteiger partial charge in [-0.2, -0.15) is 0 Å². The molecule has 0 unspecified atom stereocenters. The first-order valence-electron chi connectivity index (χ1n) is 7.12. The molecular formula is C14H21F2NO4. The predicted molar refractivity (Wildman–Crippen MR) is 70.0 cm³/mol. The Morgan fingerprint density at radius 1 is 1.33 bits per heavy atom. The van der Waals surface area contributed by atoms with Crippen molar-refractivity contribution in [3.8, 4) is 0 Å². The van der Waals surface area contributed by atoms with Gasteiger partial charge in [0.15, 0.2) is 0 Å². The molecule has 7 heteroatoms. The number of hydrogen-bond acceptors (Lipinski definition) is 4. The molecule has 1 aliphatic heterocycles. The zero-order valence-electron chi connectivity index (χ0n) is 12.7. The molecule has 5 nitrogen and oxygen atoms in total. The van der Waals surface area contributed by atoms with Crippen molar-refractivity contribution in [1.29, 1.82) is 0 Å². The molecular weight excluding hydrogens is 284 g/mol. The molecule has 2 aliphatic rings. The van der Waals surface area contributed by atoms with Crippen molar-refractivity contribution in [3.05, 3.63) is 0 Å². The van der Waals surface area contributed by atoms with Crippen molar-refractivity contribution in [1.82, 2.24) is 4.90 Å². The normalized spacial score (nSPS) is 30.4. The van der Waals surface area contributed by atoms with Crippen LogP contribution < -0.4 is 0 Å². The smallest absolute Gasteiger partial charge is 0.411 e. The standard InChI is InChI=1S/C14H21F2NO4/c1-5-20-11(18)10-8-6-9(14(15,16)7-8)17(10)12(19)21-13(2,3)4/h8-10H,5-7H2,1-4H3/t8-,9+,10-/m1/s1. The Morgan fingerprint density at radius 2 is 1.95 bits per heavy atom. The van der Waals surface area contributed by atoms with E-state index in [0.29, 0.717) is 0 Å². The molecule has 0 aromatic rings. The molecule has 1 saturated heterocycles. The summed E-state index contributed by atoms with van der Waals surface area (Å²) in [5.74, 6) is -4.19. The predicted octanol–water partition coefficient (Wildman–Crippen LogP) is 2.58. The van der Waals surface area contributed by atoms with E-state index >= 15 is 0 Å². The second kappa shape index (κ2) is 5.10. The van der Waals surface area contributed by atoms with Gasteiger partial charge in [0.2, 0.25) is 0 Å². The maximum Gasteiger partial charge on any atom is 0.411 e. The quantitative estimate of drug-likeness (QED) is 0.736. The maximum absolute atomic E-state index is 13.9. The van der Waals surface area contributed by atoms with Crippen LogP contribution in [-0.2, 0) is 14.3 Å². The second-order valence-corrected chi connectivity index (χ2v) is 6.56. The third-order valence-corrected chi connectivity index (χ3v) is 3.76. The third-order valence-electron chi connectivity index (χ3n) is 3.76. The van der Waals surface area contributed by atoms with Gasteiger partial charge in [-0.25, -0.2) is 18.4 Å². The summed E-state index contributed by atoms with van der Waals surface area (Å²) in [7, 11) is 0. The number of nitrogens with zero attached hydrogens (tertiary/aromatic N) is 1. The van der Waals surface area contributed by atoms with E-state index in [-0.39, 0.29) is 19.4 Å². The number of carbonyl (C=O) groups excluding carboxylic acids is 2. The van der Waals surface area contributed by atoms with Crippen molar-refractivity contribution in [2.75, 3.05) is 6.61 Å². The van der Waals surface area contributed by atoms with Gasteiger partial charge in [0.25, 0.3) is 5.92 Å². The molecule has 3 atom stereocenters. The van der Waals surface area contributed by atoms with Crippen LogP contribution >= 0.6 is 0 Å². The number of piperidine rings is 1. The Hall–Kier alpha value is -1.40. The van der Waals surface area contributed by atoms with Crippen LogP contribution in [0.15, 0.2) is 0 Å². The molecule has 0 radical (unpaired) electrons. The molecule has 2 rings (SSSR count). The van der Waals surface area contributed by atoms with E-state index in [9.17, 15) is 18.4 Å². The topological polar surface area (TPSA) is 55.8 Å². The summed E-state index contributed by atoms with van der Waals surface area (Å²) in [6, 6.07) is -2.25. The lowest BCUT2D eigenvalue weighted by atomic mass is 9.97. The number of alkyl halides is 2. The van der Waals surface area contributed by atoms with E-state index in [1.54, 1.807) is 27.7 Å². The first-order chi connectivity index (χ1) is 9.57. The third kappa shape index (κ3) is 2.96. The summed E-state index contributed by atoms with van der Waals surface area (Å²) in [5, 5.41) is 0. The van der Waals surface area contributed by atoms with E-state index in [1.165, 1.54) is 0 Å². The van der Waals surface area contributed by atoms with Gasteiger partial charge in [0.1, 0.15) is 11.6 Å². The molecule has 2 fully saturated rings. The van der Waals surface area contributed by atoms with Crippen molar-refractivity contribution in [3.63, 3.8) is 0 Å². The number of amides is 1. The zero-order valence-corrected chi connectivity index (χ0v) is 12.7. The van der Waals surface area contributed by atoms with Gasteiger partial charge in [-0.1, -0.05) is 0 Å². The number of carbonyl (C=O) groups is 2. The molecule has 1 aliphatic carbocycles. The molecule has 2 bridgehead atoms. The molecule has 1 saturated carbocycles. The Morgan fingerprint density at radius 3 is 2.48 bits per heavy atom. The lowest BCUT2D eigenvalue weighted by Crippen LogP contribution is -2.57.